The highest BCUT2D eigenvalue weighted by atomic mass is 14.9. The van der Waals surface area contributed by atoms with Crippen molar-refractivity contribution in [3.8, 4) is 11.4 Å². The predicted octanol–water partition coefficient (Wildman–Crippen LogP) is 2.81. The molecular formula is C14H18N4. The molecule has 2 heterocycles. The fourth-order valence-electron chi connectivity index (χ4n) is 1.83. The van der Waals surface area contributed by atoms with E-state index in [1.807, 2.05) is 18.3 Å². The number of pyridine rings is 1. The number of anilines is 1. The van der Waals surface area contributed by atoms with Crippen LogP contribution in [-0.4, -0.2) is 15.0 Å². The second-order valence-electron chi connectivity index (χ2n) is 4.58. The van der Waals surface area contributed by atoms with Crippen LogP contribution in [0.2, 0.25) is 0 Å². The summed E-state index contributed by atoms with van der Waals surface area (Å²) in [6.07, 6.45) is 4.52. The van der Waals surface area contributed by atoms with Crippen LogP contribution in [0.4, 0.5) is 5.82 Å². The number of hydrogen-bond acceptors (Lipinski definition) is 4. The van der Waals surface area contributed by atoms with Crippen LogP contribution in [0, 0.1) is 0 Å². The SMILES string of the molecule is CCc1cnccc1-c1nc(N)cc(C(C)C)n1. The minimum atomic E-state index is 0.334. The summed E-state index contributed by atoms with van der Waals surface area (Å²) in [5.41, 5.74) is 8.98. The normalized spacial score (nSPS) is 10.9. The summed E-state index contributed by atoms with van der Waals surface area (Å²) in [4.78, 5) is 13.1. The molecule has 0 bridgehead atoms. The van der Waals surface area contributed by atoms with E-state index in [4.69, 9.17) is 5.73 Å². The third kappa shape index (κ3) is 2.47. The van der Waals surface area contributed by atoms with E-state index < -0.39 is 0 Å². The molecule has 0 saturated heterocycles. The summed E-state index contributed by atoms with van der Waals surface area (Å²) < 4.78 is 0. The number of nitrogens with two attached hydrogens (primary N) is 1. The molecule has 0 spiro atoms. The number of hydrogen-bond donors (Lipinski definition) is 1. The number of rotatable bonds is 3. The molecule has 2 aromatic rings. The van der Waals surface area contributed by atoms with Crippen LogP contribution in [0.1, 0.15) is 37.9 Å². The van der Waals surface area contributed by atoms with Crippen LogP contribution >= 0.6 is 0 Å². The van der Waals surface area contributed by atoms with Crippen molar-refractivity contribution >= 4 is 5.82 Å². The molecule has 0 aliphatic heterocycles. The van der Waals surface area contributed by atoms with E-state index in [9.17, 15) is 0 Å². The highest BCUT2D eigenvalue weighted by Gasteiger charge is 2.10. The van der Waals surface area contributed by atoms with Gasteiger partial charge in [-0.3, -0.25) is 4.98 Å². The number of nitrogen functional groups attached to an aromatic ring is 1. The summed E-state index contributed by atoms with van der Waals surface area (Å²) in [7, 11) is 0. The quantitative estimate of drug-likeness (QED) is 0.898. The van der Waals surface area contributed by atoms with Gasteiger partial charge in [-0.25, -0.2) is 9.97 Å². The van der Waals surface area contributed by atoms with E-state index in [1.165, 1.54) is 0 Å². The first-order valence-electron chi connectivity index (χ1n) is 6.19. The van der Waals surface area contributed by atoms with Gasteiger partial charge < -0.3 is 5.73 Å². The second kappa shape index (κ2) is 5.12. The smallest absolute Gasteiger partial charge is 0.162 e. The molecule has 4 nitrogen and oxygen atoms in total. The van der Waals surface area contributed by atoms with Gasteiger partial charge in [-0.15, -0.1) is 0 Å². The van der Waals surface area contributed by atoms with E-state index in [2.05, 4.69) is 35.7 Å². The van der Waals surface area contributed by atoms with Crippen LogP contribution in [-0.2, 0) is 6.42 Å². The first kappa shape index (κ1) is 12.5. The molecule has 4 heteroatoms. The van der Waals surface area contributed by atoms with E-state index in [1.54, 1.807) is 6.20 Å². The average molecular weight is 242 g/mol. The van der Waals surface area contributed by atoms with Gasteiger partial charge in [0.15, 0.2) is 5.82 Å². The van der Waals surface area contributed by atoms with Crippen molar-refractivity contribution in [2.24, 2.45) is 0 Å². The second-order valence-corrected chi connectivity index (χ2v) is 4.58. The molecule has 94 valence electrons. The Bertz CT molecular complexity index is 549. The molecular weight excluding hydrogens is 224 g/mol. The van der Waals surface area contributed by atoms with Crippen LogP contribution in [0.15, 0.2) is 24.5 Å². The molecule has 2 aromatic heterocycles. The van der Waals surface area contributed by atoms with Crippen LogP contribution in [0.25, 0.3) is 11.4 Å². The fraction of sp³-hybridized carbons (Fsp3) is 0.357. The lowest BCUT2D eigenvalue weighted by molar-refractivity contribution is 0.817. The monoisotopic (exact) mass is 242 g/mol. The first-order valence-corrected chi connectivity index (χ1v) is 6.19. The summed E-state index contributed by atoms with van der Waals surface area (Å²) in [5.74, 6) is 1.54. The Morgan fingerprint density at radius 3 is 2.72 bits per heavy atom. The van der Waals surface area contributed by atoms with E-state index in [0.29, 0.717) is 17.6 Å². The van der Waals surface area contributed by atoms with Crippen LogP contribution in [0.5, 0.6) is 0 Å². The van der Waals surface area contributed by atoms with E-state index in [0.717, 1.165) is 23.2 Å². The van der Waals surface area contributed by atoms with Crippen LogP contribution in [0.3, 0.4) is 0 Å². The molecule has 2 rings (SSSR count). The van der Waals surface area contributed by atoms with Crippen molar-refractivity contribution in [2.75, 3.05) is 5.73 Å². The number of aryl methyl sites for hydroxylation is 1. The van der Waals surface area contributed by atoms with Gasteiger partial charge in [0, 0.05) is 29.7 Å². The highest BCUT2D eigenvalue weighted by molar-refractivity contribution is 5.61. The van der Waals surface area contributed by atoms with Crippen molar-refractivity contribution in [3.63, 3.8) is 0 Å². The van der Waals surface area contributed by atoms with Gasteiger partial charge in [0.1, 0.15) is 5.82 Å². The Balaban J connectivity index is 2.56. The van der Waals surface area contributed by atoms with E-state index >= 15 is 0 Å². The molecule has 0 unspecified atom stereocenters. The van der Waals surface area contributed by atoms with Gasteiger partial charge in [0.25, 0.3) is 0 Å². The third-order valence-electron chi connectivity index (χ3n) is 2.88. The molecule has 0 saturated carbocycles. The third-order valence-corrected chi connectivity index (χ3v) is 2.88. The maximum Gasteiger partial charge on any atom is 0.162 e. The fourth-order valence-corrected chi connectivity index (χ4v) is 1.83. The Morgan fingerprint density at radius 1 is 1.28 bits per heavy atom. The Hall–Kier alpha value is -1.97. The number of aromatic nitrogens is 3. The molecule has 0 amide bonds. The van der Waals surface area contributed by atoms with Crippen molar-refractivity contribution in [1.82, 2.24) is 15.0 Å². The minimum Gasteiger partial charge on any atom is -0.384 e. The molecule has 0 aliphatic rings. The molecule has 0 atom stereocenters. The highest BCUT2D eigenvalue weighted by Crippen LogP contribution is 2.23. The molecule has 0 aromatic carbocycles. The Labute approximate surface area is 107 Å². The molecule has 2 N–H and O–H groups in total. The van der Waals surface area contributed by atoms with Gasteiger partial charge in [-0.05, 0) is 24.0 Å². The largest absolute Gasteiger partial charge is 0.384 e. The van der Waals surface area contributed by atoms with Crippen molar-refractivity contribution < 1.29 is 0 Å². The lowest BCUT2D eigenvalue weighted by Gasteiger charge is -2.10. The lowest BCUT2D eigenvalue weighted by atomic mass is 10.1. The summed E-state index contributed by atoms with van der Waals surface area (Å²) in [5, 5.41) is 0. The van der Waals surface area contributed by atoms with Crippen molar-refractivity contribution in [2.45, 2.75) is 33.1 Å². The topological polar surface area (TPSA) is 64.7 Å². The zero-order valence-corrected chi connectivity index (χ0v) is 11.0. The molecule has 0 aliphatic carbocycles. The van der Waals surface area contributed by atoms with E-state index in [-0.39, 0.29) is 0 Å². The number of nitrogens with zero attached hydrogens (tertiary/aromatic N) is 3. The summed E-state index contributed by atoms with van der Waals surface area (Å²) in [6.45, 7) is 6.29. The van der Waals surface area contributed by atoms with Gasteiger partial charge in [-0.2, -0.15) is 0 Å². The zero-order valence-electron chi connectivity index (χ0n) is 11.0. The molecule has 0 radical (unpaired) electrons. The zero-order chi connectivity index (χ0) is 13.1. The van der Waals surface area contributed by atoms with Crippen molar-refractivity contribution in [3.05, 3.63) is 35.8 Å². The predicted molar refractivity (Wildman–Crippen MR) is 73.1 cm³/mol. The summed E-state index contributed by atoms with van der Waals surface area (Å²) >= 11 is 0. The maximum absolute atomic E-state index is 5.86. The standard InChI is InChI=1S/C14H18N4/c1-4-10-8-16-6-5-11(10)14-17-12(9(2)3)7-13(15)18-14/h5-9H,4H2,1-3H3,(H2,15,17,18). The molecule has 0 fully saturated rings. The minimum absolute atomic E-state index is 0.334. The first-order chi connectivity index (χ1) is 8.61. The van der Waals surface area contributed by atoms with Crippen molar-refractivity contribution in [1.29, 1.82) is 0 Å². The van der Waals surface area contributed by atoms with Gasteiger partial charge in [-0.1, -0.05) is 20.8 Å². The Morgan fingerprint density at radius 2 is 2.06 bits per heavy atom. The molecule has 18 heavy (non-hydrogen) atoms. The maximum atomic E-state index is 5.86. The van der Waals surface area contributed by atoms with Gasteiger partial charge >= 0.3 is 0 Å². The van der Waals surface area contributed by atoms with Gasteiger partial charge in [0.05, 0.1) is 0 Å². The van der Waals surface area contributed by atoms with Gasteiger partial charge in [0.2, 0.25) is 0 Å². The lowest BCUT2D eigenvalue weighted by Crippen LogP contribution is -2.03. The Kier molecular flexibility index (Phi) is 3.55. The average Bonchev–Trinajstić information content (AvgIpc) is 2.38. The summed E-state index contributed by atoms with van der Waals surface area (Å²) in [6, 6.07) is 3.78. The van der Waals surface area contributed by atoms with Crippen LogP contribution < -0.4 is 5.73 Å².